The van der Waals surface area contributed by atoms with Crippen molar-refractivity contribution in [3.63, 3.8) is 0 Å². The van der Waals surface area contributed by atoms with E-state index < -0.39 is 0 Å². The fourth-order valence-corrected chi connectivity index (χ4v) is 4.82. The molecule has 7 nitrogen and oxygen atoms in total. The molecule has 1 heterocycles. The van der Waals surface area contributed by atoms with Crippen molar-refractivity contribution in [2.24, 2.45) is 0 Å². The van der Waals surface area contributed by atoms with E-state index in [1.165, 1.54) is 23.8 Å². The van der Waals surface area contributed by atoms with Crippen molar-refractivity contribution in [3.05, 3.63) is 59.2 Å². The van der Waals surface area contributed by atoms with E-state index in [-0.39, 0.29) is 35.3 Å². The Morgan fingerprint density at radius 2 is 1.68 bits per heavy atom. The molecule has 0 aliphatic carbocycles. The molecule has 0 aromatic heterocycles. The van der Waals surface area contributed by atoms with Crippen LogP contribution in [0.1, 0.15) is 77.1 Å². The van der Waals surface area contributed by atoms with Gasteiger partial charge in [0.05, 0.1) is 22.5 Å². The number of amides is 1. The highest BCUT2D eigenvalue weighted by Crippen LogP contribution is 2.49. The van der Waals surface area contributed by atoms with Crippen molar-refractivity contribution in [2.45, 2.75) is 72.3 Å². The van der Waals surface area contributed by atoms with Gasteiger partial charge >= 0.3 is 0 Å². The van der Waals surface area contributed by atoms with Crippen LogP contribution in [0.4, 0.5) is 17.1 Å². The number of allylic oxidation sites excluding steroid dienone is 3. The number of hydrogen-bond acceptors (Lipinski definition) is 6. The van der Waals surface area contributed by atoms with Crippen LogP contribution in [0.15, 0.2) is 53.6 Å². The van der Waals surface area contributed by atoms with E-state index in [0.717, 1.165) is 37.7 Å². The Morgan fingerprint density at radius 3 is 2.37 bits per heavy atom. The molecule has 1 aliphatic rings. The summed E-state index contributed by atoms with van der Waals surface area (Å²) in [6.45, 7) is 11.0. The molecule has 0 unspecified atom stereocenters. The molecule has 1 amide bonds. The predicted octanol–water partition coefficient (Wildman–Crippen LogP) is 7.19. The fraction of sp³-hybridized carbons (Fsp3) is 0.452. The average Bonchev–Trinajstić information content (AvgIpc) is 2.95. The number of phenolic OH excluding ortho intramolecular Hbond substituents is 3. The number of para-hydroxylation sites is 1. The minimum absolute atomic E-state index is 0.0439. The summed E-state index contributed by atoms with van der Waals surface area (Å²) in [5, 5.41) is 31.7. The smallest absolute Gasteiger partial charge is 0.260 e. The molecule has 2 aromatic rings. The lowest BCUT2D eigenvalue weighted by Gasteiger charge is -2.27. The van der Waals surface area contributed by atoms with Crippen LogP contribution in [0.25, 0.3) is 0 Å². The molecule has 0 spiro atoms. The minimum atomic E-state index is -0.308. The van der Waals surface area contributed by atoms with Crippen LogP contribution in [0.3, 0.4) is 0 Å². The lowest BCUT2D eigenvalue weighted by molar-refractivity contribution is 0.0140. The van der Waals surface area contributed by atoms with E-state index in [9.17, 15) is 20.1 Å². The van der Waals surface area contributed by atoms with Gasteiger partial charge in [-0.1, -0.05) is 29.4 Å². The first-order valence-electron chi connectivity index (χ1n) is 13.3. The minimum Gasteiger partial charge on any atom is -0.508 e. The highest BCUT2D eigenvalue weighted by atomic mass is 16.5. The second-order valence-electron chi connectivity index (χ2n) is 10.6. The van der Waals surface area contributed by atoms with Gasteiger partial charge in [-0.05, 0) is 78.9 Å². The van der Waals surface area contributed by atoms with Gasteiger partial charge in [0.25, 0.3) is 5.91 Å². The third-order valence-electron chi connectivity index (χ3n) is 7.25. The predicted molar refractivity (Wildman–Crippen MR) is 154 cm³/mol. The number of anilines is 3. The fourth-order valence-electron chi connectivity index (χ4n) is 4.82. The normalized spacial score (nSPS) is 14.4. The van der Waals surface area contributed by atoms with E-state index in [1.54, 1.807) is 29.0 Å². The van der Waals surface area contributed by atoms with Crippen molar-refractivity contribution in [1.29, 1.82) is 0 Å². The Bertz CT molecular complexity index is 1210. The number of nitrogens with zero attached hydrogens (tertiary/aromatic N) is 2. The van der Waals surface area contributed by atoms with Crippen LogP contribution in [-0.2, 0) is 4.74 Å². The zero-order valence-electron chi connectivity index (χ0n) is 23.5. The largest absolute Gasteiger partial charge is 0.508 e. The van der Waals surface area contributed by atoms with Crippen LogP contribution in [0, 0.1) is 0 Å². The van der Waals surface area contributed by atoms with Crippen molar-refractivity contribution in [3.8, 4) is 17.2 Å². The average molecular weight is 523 g/mol. The summed E-state index contributed by atoms with van der Waals surface area (Å²) in [7, 11) is 1.75. The number of phenols is 3. The van der Waals surface area contributed by atoms with Gasteiger partial charge in [0.15, 0.2) is 0 Å². The van der Waals surface area contributed by atoms with Crippen LogP contribution in [0.2, 0.25) is 0 Å². The summed E-state index contributed by atoms with van der Waals surface area (Å²) >= 11 is 0. The number of benzene rings is 2. The van der Waals surface area contributed by atoms with Gasteiger partial charge in [0.2, 0.25) is 0 Å². The number of methoxy groups -OCH3 is 1. The van der Waals surface area contributed by atoms with Gasteiger partial charge in [-0.3, -0.25) is 4.79 Å². The summed E-state index contributed by atoms with van der Waals surface area (Å²) in [5.74, 6) is -0.652. The van der Waals surface area contributed by atoms with Crippen molar-refractivity contribution in [2.75, 3.05) is 30.0 Å². The number of fused-ring (bicyclic) bond motifs is 2. The lowest BCUT2D eigenvalue weighted by atomic mass is 9.98. The Labute approximate surface area is 226 Å². The van der Waals surface area contributed by atoms with Crippen LogP contribution in [0.5, 0.6) is 17.2 Å². The highest BCUT2D eigenvalue weighted by molar-refractivity contribution is 6.15. The maximum absolute atomic E-state index is 13.7. The van der Waals surface area contributed by atoms with E-state index >= 15 is 0 Å². The Kier molecular flexibility index (Phi) is 9.50. The third-order valence-corrected chi connectivity index (χ3v) is 7.25. The first-order chi connectivity index (χ1) is 18.0. The summed E-state index contributed by atoms with van der Waals surface area (Å²) < 4.78 is 5.50. The number of ether oxygens (including phenoxy) is 1. The highest BCUT2D eigenvalue weighted by Gasteiger charge is 2.34. The van der Waals surface area contributed by atoms with Gasteiger partial charge in [0.1, 0.15) is 22.9 Å². The van der Waals surface area contributed by atoms with Crippen LogP contribution < -0.4 is 9.80 Å². The molecule has 0 radical (unpaired) electrons. The molecule has 3 rings (SSSR count). The first-order valence-corrected chi connectivity index (χ1v) is 13.3. The number of carbonyl (C=O) groups excluding carboxylic acids is 1. The number of carbonyl (C=O) groups is 1. The Balaban J connectivity index is 1.80. The zero-order chi connectivity index (χ0) is 28.0. The second kappa shape index (κ2) is 12.4. The van der Waals surface area contributed by atoms with E-state index in [1.807, 2.05) is 19.9 Å². The molecule has 3 N–H and O–H groups in total. The molecule has 0 saturated heterocycles. The van der Waals surface area contributed by atoms with E-state index in [0.29, 0.717) is 29.2 Å². The molecule has 0 saturated carbocycles. The van der Waals surface area contributed by atoms with Crippen molar-refractivity contribution < 1.29 is 24.9 Å². The topological polar surface area (TPSA) is 93.5 Å². The van der Waals surface area contributed by atoms with E-state index in [2.05, 4.69) is 26.8 Å². The summed E-state index contributed by atoms with van der Waals surface area (Å²) in [6, 6.07) is 7.57. The first kappa shape index (κ1) is 29.1. The zero-order valence-corrected chi connectivity index (χ0v) is 23.5. The van der Waals surface area contributed by atoms with Gasteiger partial charge in [0, 0.05) is 32.3 Å². The van der Waals surface area contributed by atoms with Gasteiger partial charge in [-0.25, -0.2) is 0 Å². The molecule has 0 fully saturated rings. The molecule has 0 atom stereocenters. The Hall–Kier alpha value is -3.45. The summed E-state index contributed by atoms with van der Waals surface area (Å²) in [5.41, 5.74) is 3.86. The lowest BCUT2D eigenvalue weighted by Crippen LogP contribution is -2.30. The van der Waals surface area contributed by atoms with Gasteiger partial charge in [-0.15, -0.1) is 0 Å². The molecule has 0 bridgehead atoms. The maximum Gasteiger partial charge on any atom is 0.260 e. The van der Waals surface area contributed by atoms with E-state index in [4.69, 9.17) is 4.74 Å². The van der Waals surface area contributed by atoms with Crippen molar-refractivity contribution in [1.82, 2.24) is 0 Å². The molecule has 38 heavy (non-hydrogen) atoms. The van der Waals surface area contributed by atoms with Crippen LogP contribution in [-0.4, -0.2) is 47.0 Å². The monoisotopic (exact) mass is 522 g/mol. The number of rotatable bonds is 11. The Morgan fingerprint density at radius 1 is 0.974 bits per heavy atom. The maximum atomic E-state index is 13.7. The van der Waals surface area contributed by atoms with Gasteiger partial charge in [-0.2, -0.15) is 0 Å². The second-order valence-corrected chi connectivity index (χ2v) is 10.6. The third kappa shape index (κ3) is 6.70. The summed E-state index contributed by atoms with van der Waals surface area (Å²) in [4.78, 5) is 17.0. The molecule has 2 aromatic carbocycles. The molecule has 206 valence electrons. The number of hydrogen-bond donors (Lipinski definition) is 3. The molecular formula is C31H42N2O5. The number of aromatic hydroxyl groups is 3. The van der Waals surface area contributed by atoms with Gasteiger partial charge < -0.3 is 29.9 Å². The quantitative estimate of drug-likeness (QED) is 0.271. The molecular weight excluding hydrogens is 480 g/mol. The molecule has 7 heteroatoms. The van der Waals surface area contributed by atoms with Crippen molar-refractivity contribution >= 4 is 23.0 Å². The molecule has 1 aliphatic heterocycles. The van der Waals surface area contributed by atoms with Crippen LogP contribution >= 0.6 is 0 Å². The summed E-state index contributed by atoms with van der Waals surface area (Å²) in [6.07, 6.45) is 9.20. The standard InChI is InChI=1S/C31H42N2O5/c1-7-32-28-24(14-9-15-26(28)35)30(37)33(25-19-23(34)20-27(36)29(25)32)18-16-22(3)12-8-11-21(2)13-10-17-31(4,5)38-6/h9,11,14-16,19-20,34-36H,7-8,10,12-13,17-18H2,1-6H3. The SMILES string of the molecule is CCN1c2c(O)cccc2C(=O)N(CC=C(C)CCC=C(C)CCCC(C)(C)OC)c2cc(O)cc(O)c21.